The van der Waals surface area contributed by atoms with Crippen molar-refractivity contribution in [1.29, 1.82) is 0 Å². The largest absolute Gasteiger partial charge is 0.493 e. The monoisotopic (exact) mass is 433 g/mol. The van der Waals surface area contributed by atoms with Gasteiger partial charge in [-0.25, -0.2) is 8.42 Å². The fourth-order valence-corrected chi connectivity index (χ4v) is 5.16. The molecule has 1 aliphatic heterocycles. The highest BCUT2D eigenvalue weighted by Crippen LogP contribution is 2.33. The van der Waals surface area contributed by atoms with Crippen molar-refractivity contribution in [3.63, 3.8) is 0 Å². The van der Waals surface area contributed by atoms with E-state index in [0.717, 1.165) is 5.69 Å². The van der Waals surface area contributed by atoms with Crippen LogP contribution in [-0.4, -0.2) is 59.5 Å². The van der Waals surface area contributed by atoms with Gasteiger partial charge in [0.05, 0.1) is 19.1 Å². The van der Waals surface area contributed by atoms with E-state index in [0.29, 0.717) is 30.0 Å². The zero-order valence-corrected chi connectivity index (χ0v) is 18.4. The Labute approximate surface area is 177 Å². The van der Waals surface area contributed by atoms with Crippen molar-refractivity contribution in [2.45, 2.75) is 23.8 Å². The lowest BCUT2D eigenvalue weighted by Crippen LogP contribution is -2.43. The molecular formula is C21H27N3O5S. The summed E-state index contributed by atoms with van der Waals surface area (Å²) in [5, 5.41) is 2.86. The van der Waals surface area contributed by atoms with Crippen LogP contribution in [0.5, 0.6) is 11.5 Å². The molecular weight excluding hydrogens is 406 g/mol. The second kappa shape index (κ2) is 8.93. The van der Waals surface area contributed by atoms with Crippen LogP contribution in [-0.2, 0) is 14.8 Å². The normalized spacial score (nSPS) is 16.9. The lowest BCUT2D eigenvalue weighted by atomic mass is 10.2. The second-order valence-electron chi connectivity index (χ2n) is 7.22. The van der Waals surface area contributed by atoms with Crippen LogP contribution in [0, 0.1) is 0 Å². The molecule has 0 aliphatic carbocycles. The van der Waals surface area contributed by atoms with Crippen LogP contribution >= 0.6 is 0 Å². The number of nitrogens with zero attached hydrogens (tertiary/aromatic N) is 2. The van der Waals surface area contributed by atoms with E-state index in [1.165, 1.54) is 30.7 Å². The van der Waals surface area contributed by atoms with E-state index in [4.69, 9.17) is 9.47 Å². The molecule has 9 heteroatoms. The fourth-order valence-electron chi connectivity index (χ4n) is 3.49. The predicted octanol–water partition coefficient (Wildman–Crippen LogP) is 2.56. The number of nitrogens with one attached hydrogen (secondary N) is 1. The van der Waals surface area contributed by atoms with Crippen LogP contribution in [0.1, 0.15) is 12.8 Å². The average Bonchev–Trinajstić information content (AvgIpc) is 3.24. The average molecular weight is 434 g/mol. The standard InChI is InChI=1S/C21H27N3O5S/c1-23(2)16-8-5-7-15(13-16)22-21(25)18-9-6-12-24(18)30(26,27)17-10-11-19(28-3)20(14-17)29-4/h5,7-8,10-11,13-14,18H,6,9,12H2,1-4H3,(H,22,25). The van der Waals surface area contributed by atoms with Gasteiger partial charge in [-0.2, -0.15) is 4.31 Å². The molecule has 1 N–H and O–H groups in total. The summed E-state index contributed by atoms with van der Waals surface area (Å²) in [5.41, 5.74) is 1.57. The molecule has 3 rings (SSSR count). The van der Waals surface area contributed by atoms with Gasteiger partial charge in [0.15, 0.2) is 11.5 Å². The molecule has 30 heavy (non-hydrogen) atoms. The SMILES string of the molecule is COc1ccc(S(=O)(=O)N2CCCC2C(=O)Nc2cccc(N(C)C)c2)cc1OC. The van der Waals surface area contributed by atoms with Gasteiger partial charge in [0.1, 0.15) is 6.04 Å². The van der Waals surface area contributed by atoms with Crippen LogP contribution in [0.15, 0.2) is 47.4 Å². The second-order valence-corrected chi connectivity index (χ2v) is 9.12. The Kier molecular flexibility index (Phi) is 6.52. The zero-order chi connectivity index (χ0) is 21.9. The number of anilines is 2. The highest BCUT2D eigenvalue weighted by atomic mass is 32.2. The van der Waals surface area contributed by atoms with Gasteiger partial charge in [-0.15, -0.1) is 0 Å². The number of carbonyl (C=O) groups excluding carboxylic acids is 1. The predicted molar refractivity (Wildman–Crippen MR) is 116 cm³/mol. The van der Waals surface area contributed by atoms with Crippen molar-refractivity contribution < 1.29 is 22.7 Å². The van der Waals surface area contributed by atoms with E-state index < -0.39 is 16.1 Å². The first-order chi connectivity index (χ1) is 14.3. The number of ether oxygens (including phenoxy) is 2. The molecule has 0 bridgehead atoms. The quantitative estimate of drug-likeness (QED) is 0.722. The van der Waals surface area contributed by atoms with E-state index in [1.54, 1.807) is 12.1 Å². The van der Waals surface area contributed by atoms with Gasteiger partial charge < -0.3 is 19.7 Å². The summed E-state index contributed by atoms with van der Waals surface area (Å²) < 4.78 is 38.2. The summed E-state index contributed by atoms with van der Waals surface area (Å²) in [7, 11) is 2.88. The van der Waals surface area contributed by atoms with Crippen LogP contribution < -0.4 is 19.7 Å². The molecule has 1 aliphatic rings. The number of sulfonamides is 1. The first-order valence-corrected chi connectivity index (χ1v) is 11.0. The Morgan fingerprint density at radius 1 is 1.10 bits per heavy atom. The van der Waals surface area contributed by atoms with Crippen LogP contribution in [0.3, 0.4) is 0 Å². The third-order valence-corrected chi connectivity index (χ3v) is 7.00. The van der Waals surface area contributed by atoms with E-state index in [2.05, 4.69) is 5.32 Å². The maximum absolute atomic E-state index is 13.3. The topological polar surface area (TPSA) is 88.2 Å². The van der Waals surface area contributed by atoms with Gasteiger partial charge in [-0.3, -0.25) is 4.79 Å². The summed E-state index contributed by atoms with van der Waals surface area (Å²) in [6, 6.07) is 11.1. The highest BCUT2D eigenvalue weighted by Gasteiger charge is 2.39. The number of hydrogen-bond acceptors (Lipinski definition) is 6. The molecule has 1 heterocycles. The molecule has 1 fully saturated rings. The Hall–Kier alpha value is -2.78. The molecule has 0 saturated carbocycles. The molecule has 1 saturated heterocycles. The number of carbonyl (C=O) groups is 1. The van der Waals surface area contributed by atoms with Crippen molar-refractivity contribution in [1.82, 2.24) is 4.31 Å². The molecule has 8 nitrogen and oxygen atoms in total. The Morgan fingerprint density at radius 3 is 2.50 bits per heavy atom. The van der Waals surface area contributed by atoms with Crippen molar-refractivity contribution in [2.75, 3.05) is 45.1 Å². The maximum Gasteiger partial charge on any atom is 0.243 e. The Bertz CT molecular complexity index is 1020. The zero-order valence-electron chi connectivity index (χ0n) is 17.6. The lowest BCUT2D eigenvalue weighted by Gasteiger charge is -2.24. The van der Waals surface area contributed by atoms with Gasteiger partial charge in [-0.1, -0.05) is 6.07 Å². The maximum atomic E-state index is 13.3. The Morgan fingerprint density at radius 2 is 1.83 bits per heavy atom. The number of methoxy groups -OCH3 is 2. The summed E-state index contributed by atoms with van der Waals surface area (Å²) in [5.74, 6) is 0.416. The highest BCUT2D eigenvalue weighted by molar-refractivity contribution is 7.89. The van der Waals surface area contributed by atoms with Crippen molar-refractivity contribution in [3.8, 4) is 11.5 Å². The van der Waals surface area contributed by atoms with Crippen LogP contribution in [0.4, 0.5) is 11.4 Å². The Balaban J connectivity index is 1.84. The first kappa shape index (κ1) is 21.9. The first-order valence-electron chi connectivity index (χ1n) is 9.60. The minimum atomic E-state index is -3.88. The van der Waals surface area contributed by atoms with E-state index >= 15 is 0 Å². The van der Waals surface area contributed by atoms with Crippen molar-refractivity contribution in [3.05, 3.63) is 42.5 Å². The number of rotatable bonds is 7. The van der Waals surface area contributed by atoms with Crippen LogP contribution in [0.25, 0.3) is 0 Å². The van der Waals surface area contributed by atoms with Gasteiger partial charge in [-0.05, 0) is 43.2 Å². The molecule has 2 aromatic rings. The van der Waals surface area contributed by atoms with E-state index in [9.17, 15) is 13.2 Å². The molecule has 1 amide bonds. The van der Waals surface area contributed by atoms with Crippen molar-refractivity contribution >= 4 is 27.3 Å². The number of amides is 1. The molecule has 162 valence electrons. The summed E-state index contributed by atoms with van der Waals surface area (Å²) in [6.07, 6.45) is 1.08. The molecule has 0 aromatic heterocycles. The van der Waals surface area contributed by atoms with Crippen molar-refractivity contribution in [2.24, 2.45) is 0 Å². The number of hydrogen-bond donors (Lipinski definition) is 1. The van der Waals surface area contributed by atoms with Gasteiger partial charge in [0, 0.05) is 38.1 Å². The molecule has 0 spiro atoms. The molecule has 1 unspecified atom stereocenters. The minimum Gasteiger partial charge on any atom is -0.493 e. The van der Waals surface area contributed by atoms with Crippen LogP contribution in [0.2, 0.25) is 0 Å². The molecule has 1 atom stereocenters. The van der Waals surface area contributed by atoms with E-state index in [1.807, 2.05) is 37.2 Å². The molecule has 2 aromatic carbocycles. The minimum absolute atomic E-state index is 0.0643. The molecule has 0 radical (unpaired) electrons. The van der Waals surface area contributed by atoms with Gasteiger partial charge >= 0.3 is 0 Å². The lowest BCUT2D eigenvalue weighted by molar-refractivity contribution is -0.119. The number of benzene rings is 2. The third kappa shape index (κ3) is 4.36. The summed E-state index contributed by atoms with van der Waals surface area (Å²) in [6.45, 7) is 0.284. The fraction of sp³-hybridized carbons (Fsp3) is 0.381. The summed E-state index contributed by atoms with van der Waals surface area (Å²) >= 11 is 0. The third-order valence-electron chi connectivity index (χ3n) is 5.10. The smallest absolute Gasteiger partial charge is 0.243 e. The van der Waals surface area contributed by atoms with E-state index in [-0.39, 0.29) is 17.3 Å². The summed E-state index contributed by atoms with van der Waals surface area (Å²) in [4.78, 5) is 14.9. The van der Waals surface area contributed by atoms with Gasteiger partial charge in [0.2, 0.25) is 15.9 Å². The van der Waals surface area contributed by atoms with Gasteiger partial charge in [0.25, 0.3) is 0 Å².